The van der Waals surface area contributed by atoms with Crippen molar-refractivity contribution in [2.45, 2.75) is 19.9 Å². The number of hydrogen-bond acceptors (Lipinski definition) is 6. The maximum absolute atomic E-state index is 12.1. The van der Waals surface area contributed by atoms with Crippen LogP contribution in [-0.4, -0.2) is 40.8 Å². The standard InChI is InChI=1S/C19H21N5O3/c1-3-10-27-17-9-8-14(11-18(17)26-2)12-20-22-19(25)13-24-16-7-5-4-6-15(16)21-23-24/h4-9,11-12H,3,10,13H2,1-2H3,(H,22,25)/b20-12-. The molecule has 1 amide bonds. The first-order valence-electron chi connectivity index (χ1n) is 8.62. The minimum atomic E-state index is -0.295. The third-order valence-corrected chi connectivity index (χ3v) is 3.77. The van der Waals surface area contributed by atoms with Crippen LogP contribution in [0.4, 0.5) is 0 Å². The molecule has 0 radical (unpaired) electrons. The molecule has 1 N–H and O–H groups in total. The third kappa shape index (κ3) is 4.60. The van der Waals surface area contributed by atoms with Crippen molar-refractivity contribution in [3.63, 3.8) is 0 Å². The summed E-state index contributed by atoms with van der Waals surface area (Å²) in [4.78, 5) is 12.1. The van der Waals surface area contributed by atoms with Crippen LogP contribution in [0.2, 0.25) is 0 Å². The molecular formula is C19H21N5O3. The van der Waals surface area contributed by atoms with Crippen molar-refractivity contribution in [1.29, 1.82) is 0 Å². The molecule has 0 atom stereocenters. The molecule has 0 aliphatic rings. The Labute approximate surface area is 156 Å². The Hall–Kier alpha value is -3.42. The van der Waals surface area contributed by atoms with Gasteiger partial charge in [-0.05, 0) is 42.3 Å². The zero-order chi connectivity index (χ0) is 19.1. The Morgan fingerprint density at radius 3 is 2.93 bits per heavy atom. The predicted molar refractivity (Wildman–Crippen MR) is 102 cm³/mol. The van der Waals surface area contributed by atoms with E-state index in [0.717, 1.165) is 23.0 Å². The maximum Gasteiger partial charge on any atom is 0.261 e. The highest BCUT2D eigenvalue weighted by Crippen LogP contribution is 2.27. The number of ether oxygens (including phenoxy) is 2. The molecule has 0 bridgehead atoms. The number of carbonyl (C=O) groups excluding carboxylic acids is 1. The number of amides is 1. The number of hydrazone groups is 1. The van der Waals surface area contributed by atoms with Crippen LogP contribution in [0, 0.1) is 0 Å². The SMILES string of the molecule is CCCOc1ccc(/C=N\NC(=O)Cn2nnc3ccccc32)cc1OC. The van der Waals surface area contributed by atoms with Crippen molar-refractivity contribution in [3.05, 3.63) is 48.0 Å². The van der Waals surface area contributed by atoms with Crippen molar-refractivity contribution in [2.75, 3.05) is 13.7 Å². The van der Waals surface area contributed by atoms with Crippen LogP contribution in [0.1, 0.15) is 18.9 Å². The van der Waals surface area contributed by atoms with Gasteiger partial charge in [-0.2, -0.15) is 5.10 Å². The van der Waals surface area contributed by atoms with E-state index in [2.05, 4.69) is 20.8 Å². The van der Waals surface area contributed by atoms with Crippen LogP contribution < -0.4 is 14.9 Å². The number of fused-ring (bicyclic) bond motifs is 1. The van der Waals surface area contributed by atoms with Crippen LogP contribution in [0.5, 0.6) is 11.5 Å². The van der Waals surface area contributed by atoms with Gasteiger partial charge in [-0.15, -0.1) is 5.10 Å². The number of para-hydroxylation sites is 1. The summed E-state index contributed by atoms with van der Waals surface area (Å²) in [7, 11) is 1.58. The highest BCUT2D eigenvalue weighted by Gasteiger charge is 2.08. The van der Waals surface area contributed by atoms with E-state index in [4.69, 9.17) is 9.47 Å². The number of benzene rings is 2. The molecule has 0 aliphatic carbocycles. The molecule has 140 valence electrons. The fourth-order valence-corrected chi connectivity index (χ4v) is 2.48. The molecule has 0 saturated heterocycles. The highest BCUT2D eigenvalue weighted by atomic mass is 16.5. The number of aromatic nitrogens is 3. The average Bonchev–Trinajstić information content (AvgIpc) is 3.09. The van der Waals surface area contributed by atoms with Gasteiger partial charge in [0.1, 0.15) is 12.1 Å². The molecule has 0 saturated carbocycles. The smallest absolute Gasteiger partial charge is 0.261 e. The molecule has 3 rings (SSSR count). The van der Waals surface area contributed by atoms with Crippen molar-refractivity contribution in [3.8, 4) is 11.5 Å². The summed E-state index contributed by atoms with van der Waals surface area (Å²) in [6.07, 6.45) is 2.46. The van der Waals surface area contributed by atoms with E-state index in [1.54, 1.807) is 19.4 Å². The number of nitrogens with zero attached hydrogens (tertiary/aromatic N) is 4. The molecule has 0 aliphatic heterocycles. The molecule has 3 aromatic rings. The van der Waals surface area contributed by atoms with E-state index in [1.807, 2.05) is 43.3 Å². The van der Waals surface area contributed by atoms with Gasteiger partial charge in [0.2, 0.25) is 0 Å². The lowest BCUT2D eigenvalue weighted by Crippen LogP contribution is -2.23. The lowest BCUT2D eigenvalue weighted by molar-refractivity contribution is -0.121. The van der Waals surface area contributed by atoms with Gasteiger partial charge in [-0.1, -0.05) is 24.3 Å². The Balaban J connectivity index is 1.60. The van der Waals surface area contributed by atoms with E-state index in [-0.39, 0.29) is 12.5 Å². The number of methoxy groups -OCH3 is 1. The topological polar surface area (TPSA) is 90.6 Å². The number of hydrogen-bond donors (Lipinski definition) is 1. The molecule has 8 heteroatoms. The van der Waals surface area contributed by atoms with Gasteiger partial charge in [0.15, 0.2) is 11.5 Å². The molecule has 0 fully saturated rings. The maximum atomic E-state index is 12.1. The minimum Gasteiger partial charge on any atom is -0.493 e. The molecule has 0 unspecified atom stereocenters. The van der Waals surface area contributed by atoms with Gasteiger partial charge in [-0.25, -0.2) is 10.1 Å². The molecule has 2 aromatic carbocycles. The van der Waals surface area contributed by atoms with Crippen molar-refractivity contribution in [1.82, 2.24) is 20.4 Å². The van der Waals surface area contributed by atoms with Crippen LogP contribution in [0.25, 0.3) is 11.0 Å². The molecule has 27 heavy (non-hydrogen) atoms. The largest absolute Gasteiger partial charge is 0.493 e. The van der Waals surface area contributed by atoms with Gasteiger partial charge < -0.3 is 9.47 Å². The summed E-state index contributed by atoms with van der Waals surface area (Å²) in [5.74, 6) is 1.00. The Morgan fingerprint density at radius 2 is 2.11 bits per heavy atom. The number of carbonyl (C=O) groups is 1. The van der Waals surface area contributed by atoms with Gasteiger partial charge in [-0.3, -0.25) is 4.79 Å². The van der Waals surface area contributed by atoms with Crippen LogP contribution in [0.3, 0.4) is 0 Å². The van der Waals surface area contributed by atoms with E-state index < -0.39 is 0 Å². The second-order valence-corrected chi connectivity index (χ2v) is 5.79. The van der Waals surface area contributed by atoms with Crippen molar-refractivity contribution < 1.29 is 14.3 Å². The molecule has 1 aromatic heterocycles. The summed E-state index contributed by atoms with van der Waals surface area (Å²) in [5.41, 5.74) is 4.81. The minimum absolute atomic E-state index is 0.0327. The first-order chi connectivity index (χ1) is 13.2. The zero-order valence-corrected chi connectivity index (χ0v) is 15.3. The van der Waals surface area contributed by atoms with Crippen molar-refractivity contribution in [2.24, 2.45) is 5.10 Å². The second-order valence-electron chi connectivity index (χ2n) is 5.79. The van der Waals surface area contributed by atoms with Gasteiger partial charge in [0.25, 0.3) is 5.91 Å². The Bertz CT molecular complexity index is 951. The predicted octanol–water partition coefficient (Wildman–Crippen LogP) is 2.38. The second kappa shape index (κ2) is 8.79. The zero-order valence-electron chi connectivity index (χ0n) is 15.3. The first kappa shape index (κ1) is 18.4. The fourth-order valence-electron chi connectivity index (χ4n) is 2.48. The van der Waals surface area contributed by atoms with Crippen molar-refractivity contribution >= 4 is 23.2 Å². The lowest BCUT2D eigenvalue weighted by Gasteiger charge is -2.10. The van der Waals surface area contributed by atoms with Gasteiger partial charge in [0.05, 0.1) is 25.4 Å². The van der Waals surface area contributed by atoms with E-state index in [9.17, 15) is 4.79 Å². The summed E-state index contributed by atoms with van der Waals surface area (Å²) < 4.78 is 12.5. The first-order valence-corrected chi connectivity index (χ1v) is 8.62. The Kier molecular flexibility index (Phi) is 5.98. The normalized spacial score (nSPS) is 11.0. The summed E-state index contributed by atoms with van der Waals surface area (Å²) in [6, 6.07) is 12.9. The molecule has 0 spiro atoms. The van der Waals surface area contributed by atoms with Gasteiger partial charge >= 0.3 is 0 Å². The average molecular weight is 367 g/mol. The van der Waals surface area contributed by atoms with E-state index in [1.165, 1.54) is 4.68 Å². The van der Waals surface area contributed by atoms with Crippen LogP contribution >= 0.6 is 0 Å². The summed E-state index contributed by atoms with van der Waals surface area (Å²) in [5, 5.41) is 12.0. The third-order valence-electron chi connectivity index (χ3n) is 3.77. The summed E-state index contributed by atoms with van der Waals surface area (Å²) >= 11 is 0. The molecular weight excluding hydrogens is 346 g/mol. The van der Waals surface area contributed by atoms with Crippen LogP contribution in [0.15, 0.2) is 47.6 Å². The van der Waals surface area contributed by atoms with Gasteiger partial charge in [0, 0.05) is 0 Å². The molecule has 8 nitrogen and oxygen atoms in total. The Morgan fingerprint density at radius 1 is 1.26 bits per heavy atom. The number of nitrogens with one attached hydrogen (secondary N) is 1. The lowest BCUT2D eigenvalue weighted by atomic mass is 10.2. The van der Waals surface area contributed by atoms with E-state index in [0.29, 0.717) is 18.1 Å². The van der Waals surface area contributed by atoms with Crippen LogP contribution in [-0.2, 0) is 11.3 Å². The quantitative estimate of drug-likeness (QED) is 0.488. The number of rotatable bonds is 8. The summed E-state index contributed by atoms with van der Waals surface area (Å²) in [6.45, 7) is 2.69. The van der Waals surface area contributed by atoms with E-state index >= 15 is 0 Å². The fraction of sp³-hybridized carbons (Fsp3) is 0.263. The monoisotopic (exact) mass is 367 g/mol. The molecule has 1 heterocycles. The highest BCUT2D eigenvalue weighted by molar-refractivity contribution is 5.84.